The molecular formula is C18H27BO3. The first-order chi connectivity index (χ1) is 10.3. The normalized spacial score (nSPS) is 22.5. The van der Waals surface area contributed by atoms with Crippen molar-refractivity contribution in [2.24, 2.45) is 0 Å². The van der Waals surface area contributed by atoms with Crippen LogP contribution in [0.3, 0.4) is 0 Å². The number of aryl methyl sites for hydroxylation is 1. The maximum absolute atomic E-state index is 6.26. The number of benzene rings is 1. The van der Waals surface area contributed by atoms with Crippen molar-refractivity contribution < 1.29 is 14.0 Å². The second kappa shape index (κ2) is 5.28. The average Bonchev–Trinajstić information content (AvgIpc) is 2.66. The van der Waals surface area contributed by atoms with E-state index in [1.165, 1.54) is 29.5 Å². The molecule has 0 saturated carbocycles. The molecule has 1 aliphatic carbocycles. The minimum absolute atomic E-state index is 0.328. The molecule has 120 valence electrons. The first-order valence-corrected chi connectivity index (χ1v) is 8.32. The van der Waals surface area contributed by atoms with Gasteiger partial charge in [0, 0.05) is 5.46 Å². The second-order valence-corrected chi connectivity index (χ2v) is 7.55. The Labute approximate surface area is 134 Å². The lowest BCUT2D eigenvalue weighted by Gasteiger charge is -2.32. The van der Waals surface area contributed by atoms with E-state index in [1.54, 1.807) is 7.11 Å². The van der Waals surface area contributed by atoms with Crippen molar-refractivity contribution >= 4 is 12.6 Å². The van der Waals surface area contributed by atoms with Crippen LogP contribution in [0, 0.1) is 6.92 Å². The highest BCUT2D eigenvalue weighted by Crippen LogP contribution is 2.38. The van der Waals surface area contributed by atoms with Gasteiger partial charge in [-0.1, -0.05) is 0 Å². The van der Waals surface area contributed by atoms with Gasteiger partial charge in [-0.2, -0.15) is 0 Å². The fraction of sp³-hybridized carbons (Fsp3) is 0.667. The van der Waals surface area contributed by atoms with E-state index >= 15 is 0 Å². The zero-order valence-corrected chi connectivity index (χ0v) is 14.7. The molecule has 0 radical (unpaired) electrons. The van der Waals surface area contributed by atoms with Crippen LogP contribution >= 0.6 is 0 Å². The van der Waals surface area contributed by atoms with E-state index in [0.29, 0.717) is 0 Å². The number of ether oxygens (including phenoxy) is 1. The highest BCUT2D eigenvalue weighted by Gasteiger charge is 2.53. The fourth-order valence-corrected chi connectivity index (χ4v) is 3.52. The number of hydrogen-bond donors (Lipinski definition) is 0. The van der Waals surface area contributed by atoms with E-state index in [0.717, 1.165) is 24.1 Å². The van der Waals surface area contributed by atoms with Crippen molar-refractivity contribution in [1.82, 2.24) is 0 Å². The largest absolute Gasteiger partial charge is 0.498 e. The van der Waals surface area contributed by atoms with Crippen molar-refractivity contribution in [3.8, 4) is 5.75 Å². The molecule has 0 N–H and O–H groups in total. The molecule has 1 fully saturated rings. The van der Waals surface area contributed by atoms with Crippen molar-refractivity contribution in [3.05, 3.63) is 22.8 Å². The maximum atomic E-state index is 6.26. The van der Waals surface area contributed by atoms with E-state index in [9.17, 15) is 0 Å². The van der Waals surface area contributed by atoms with E-state index in [4.69, 9.17) is 14.0 Å². The lowest BCUT2D eigenvalue weighted by atomic mass is 9.71. The van der Waals surface area contributed by atoms with E-state index < -0.39 is 0 Å². The minimum atomic E-state index is -0.354. The van der Waals surface area contributed by atoms with Gasteiger partial charge in [0.25, 0.3) is 0 Å². The smallest absolute Gasteiger partial charge is 0.497 e. The molecule has 0 atom stereocenters. The molecule has 1 saturated heterocycles. The Kier molecular flexibility index (Phi) is 3.81. The lowest BCUT2D eigenvalue weighted by molar-refractivity contribution is 0.00578. The van der Waals surface area contributed by atoms with E-state index in [2.05, 4.69) is 40.7 Å². The Balaban J connectivity index is 2.08. The zero-order chi connectivity index (χ0) is 16.1. The summed E-state index contributed by atoms with van der Waals surface area (Å²) in [6, 6.07) is 2.20. The molecule has 0 unspecified atom stereocenters. The van der Waals surface area contributed by atoms with Crippen LogP contribution in [-0.2, 0) is 22.2 Å². The molecular weight excluding hydrogens is 275 g/mol. The topological polar surface area (TPSA) is 27.7 Å². The predicted octanol–water partition coefficient (Wildman–Crippen LogP) is 3.18. The molecule has 1 aliphatic heterocycles. The molecule has 1 heterocycles. The third kappa shape index (κ3) is 2.37. The lowest BCUT2D eigenvalue weighted by Crippen LogP contribution is -2.41. The van der Waals surface area contributed by atoms with Gasteiger partial charge in [0.05, 0.1) is 18.3 Å². The first kappa shape index (κ1) is 15.9. The molecule has 3 nitrogen and oxygen atoms in total. The Hall–Kier alpha value is -0.995. The molecule has 0 aromatic heterocycles. The number of methoxy groups -OCH3 is 1. The van der Waals surface area contributed by atoms with Gasteiger partial charge in [-0.15, -0.1) is 0 Å². The quantitative estimate of drug-likeness (QED) is 0.785. The van der Waals surface area contributed by atoms with Crippen LogP contribution in [0.2, 0.25) is 0 Å². The van der Waals surface area contributed by atoms with Crippen LogP contribution in [0.15, 0.2) is 6.07 Å². The summed E-state index contributed by atoms with van der Waals surface area (Å²) in [6.45, 7) is 10.5. The van der Waals surface area contributed by atoms with Gasteiger partial charge in [-0.3, -0.25) is 0 Å². The summed E-state index contributed by atoms with van der Waals surface area (Å²) in [5, 5.41) is 0. The van der Waals surface area contributed by atoms with Crippen LogP contribution < -0.4 is 10.2 Å². The van der Waals surface area contributed by atoms with Gasteiger partial charge in [0.1, 0.15) is 5.75 Å². The third-order valence-corrected chi connectivity index (χ3v) is 5.65. The molecule has 1 aromatic rings. The van der Waals surface area contributed by atoms with Crippen molar-refractivity contribution in [2.75, 3.05) is 7.11 Å². The zero-order valence-electron chi connectivity index (χ0n) is 14.7. The highest BCUT2D eigenvalue weighted by molar-refractivity contribution is 6.63. The van der Waals surface area contributed by atoms with E-state index in [1.807, 2.05) is 0 Å². The van der Waals surface area contributed by atoms with E-state index in [-0.39, 0.29) is 18.3 Å². The Bertz CT molecular complexity index is 576. The summed E-state index contributed by atoms with van der Waals surface area (Å²) in [5.41, 5.74) is 4.60. The molecule has 0 amide bonds. The molecule has 0 bridgehead atoms. The summed E-state index contributed by atoms with van der Waals surface area (Å²) in [6.07, 6.45) is 4.84. The summed E-state index contributed by atoms with van der Waals surface area (Å²) in [5.74, 6) is 0.900. The van der Waals surface area contributed by atoms with Crippen LogP contribution in [0.25, 0.3) is 0 Å². The van der Waals surface area contributed by atoms with Gasteiger partial charge < -0.3 is 14.0 Å². The average molecular weight is 302 g/mol. The predicted molar refractivity (Wildman–Crippen MR) is 90.1 cm³/mol. The summed E-state index contributed by atoms with van der Waals surface area (Å²) in [4.78, 5) is 0. The summed E-state index contributed by atoms with van der Waals surface area (Å²) < 4.78 is 18.2. The van der Waals surface area contributed by atoms with Crippen LogP contribution in [0.4, 0.5) is 0 Å². The van der Waals surface area contributed by atoms with Crippen molar-refractivity contribution in [1.29, 1.82) is 0 Å². The molecule has 3 rings (SSSR count). The molecule has 2 aliphatic rings. The molecule has 1 aromatic carbocycles. The summed E-state index contributed by atoms with van der Waals surface area (Å²) in [7, 11) is 1.38. The molecule has 0 spiro atoms. The Morgan fingerprint density at radius 3 is 2.23 bits per heavy atom. The number of hydrogen-bond acceptors (Lipinski definition) is 3. The highest BCUT2D eigenvalue weighted by atomic mass is 16.7. The van der Waals surface area contributed by atoms with Crippen molar-refractivity contribution in [2.45, 2.75) is 71.5 Å². The van der Waals surface area contributed by atoms with Gasteiger partial charge in [0.2, 0.25) is 0 Å². The van der Waals surface area contributed by atoms with Gasteiger partial charge in [-0.05, 0) is 83.1 Å². The van der Waals surface area contributed by atoms with Crippen LogP contribution in [0.1, 0.15) is 57.2 Å². The standard InChI is InChI=1S/C18H27BO3/c1-12-14-10-8-7-9-13(14)11-15(20-6)16(12)19-21-17(2,3)18(4,5)22-19/h11H,7-10H2,1-6H3. The Morgan fingerprint density at radius 1 is 1.05 bits per heavy atom. The fourth-order valence-electron chi connectivity index (χ4n) is 3.52. The number of fused-ring (bicyclic) bond motifs is 1. The van der Waals surface area contributed by atoms with Gasteiger partial charge >= 0.3 is 7.12 Å². The SMILES string of the molecule is COc1cc2c(c(C)c1B1OC(C)(C)C(C)(C)O1)CCCC2. The maximum Gasteiger partial charge on any atom is 0.498 e. The minimum Gasteiger partial charge on any atom is -0.497 e. The van der Waals surface area contributed by atoms with Crippen molar-refractivity contribution in [3.63, 3.8) is 0 Å². The van der Waals surface area contributed by atoms with Crippen LogP contribution in [0.5, 0.6) is 5.75 Å². The second-order valence-electron chi connectivity index (χ2n) is 7.55. The third-order valence-electron chi connectivity index (χ3n) is 5.65. The van der Waals surface area contributed by atoms with Crippen LogP contribution in [-0.4, -0.2) is 25.4 Å². The monoisotopic (exact) mass is 302 g/mol. The van der Waals surface area contributed by atoms with Gasteiger partial charge in [-0.25, -0.2) is 0 Å². The summed E-state index contributed by atoms with van der Waals surface area (Å²) >= 11 is 0. The first-order valence-electron chi connectivity index (χ1n) is 8.32. The molecule has 4 heteroatoms. The number of rotatable bonds is 2. The Morgan fingerprint density at radius 2 is 1.64 bits per heavy atom. The molecule has 22 heavy (non-hydrogen) atoms. The van der Waals surface area contributed by atoms with Gasteiger partial charge in [0.15, 0.2) is 0 Å².